The van der Waals surface area contributed by atoms with Gasteiger partial charge in [-0.2, -0.15) is 0 Å². The zero-order valence-corrected chi connectivity index (χ0v) is 24.5. The molecule has 3 aliphatic heterocycles. The van der Waals surface area contributed by atoms with Crippen LogP contribution in [-0.4, -0.2) is 63.0 Å². The molecular weight excluding hydrogens is 550 g/mol. The number of benzene rings is 2. The van der Waals surface area contributed by atoms with E-state index >= 15 is 0 Å². The number of anilines is 2. The van der Waals surface area contributed by atoms with Gasteiger partial charge in [0.25, 0.3) is 0 Å². The van der Waals surface area contributed by atoms with Crippen molar-refractivity contribution in [3.63, 3.8) is 0 Å². The fourth-order valence-electron chi connectivity index (χ4n) is 6.69. The quantitative estimate of drug-likeness (QED) is 0.369. The molecular formula is C30H36ClN3O5S. The summed E-state index contributed by atoms with van der Waals surface area (Å²) >= 11 is 7.95. The molecule has 10 heteroatoms. The second-order valence-electron chi connectivity index (χ2n) is 11.2. The Morgan fingerprint density at radius 3 is 2.52 bits per heavy atom. The first kappa shape index (κ1) is 28.8. The normalized spacial score (nSPS) is 27.6. The first-order valence-corrected chi connectivity index (χ1v) is 15.2. The molecule has 3 N–H and O–H groups in total. The lowest BCUT2D eigenvalue weighted by atomic mass is 9.70. The fraction of sp³-hybridized carbons (Fsp3) is 0.500. The summed E-state index contributed by atoms with van der Waals surface area (Å²) in [5.74, 6) is -1.15. The van der Waals surface area contributed by atoms with Crippen molar-refractivity contribution in [2.45, 2.75) is 62.1 Å². The van der Waals surface area contributed by atoms with Crippen molar-refractivity contribution >= 4 is 52.5 Å². The molecule has 3 saturated heterocycles. The van der Waals surface area contributed by atoms with Gasteiger partial charge in [-0.15, -0.1) is 11.8 Å². The number of hydrogen-bond acceptors (Lipinski definition) is 6. The summed E-state index contributed by atoms with van der Waals surface area (Å²) in [7, 11) is 0. The maximum atomic E-state index is 14.3. The van der Waals surface area contributed by atoms with E-state index in [4.69, 9.17) is 16.3 Å². The molecule has 3 aliphatic rings. The van der Waals surface area contributed by atoms with Gasteiger partial charge in [0.2, 0.25) is 17.7 Å². The number of ether oxygens (including phenoxy) is 1. The lowest BCUT2D eigenvalue weighted by Gasteiger charge is -2.37. The summed E-state index contributed by atoms with van der Waals surface area (Å²) in [6.45, 7) is 6.24. The van der Waals surface area contributed by atoms with Crippen LogP contribution in [0.5, 0.6) is 5.75 Å². The van der Waals surface area contributed by atoms with Crippen molar-refractivity contribution in [2.75, 3.05) is 23.8 Å². The van der Waals surface area contributed by atoms with Crippen LogP contribution < -0.4 is 15.4 Å². The number of thioether (sulfide) groups is 1. The fourth-order valence-corrected chi connectivity index (χ4v) is 9.08. The zero-order valence-electron chi connectivity index (χ0n) is 22.9. The number of rotatable bonds is 10. The van der Waals surface area contributed by atoms with Crippen molar-refractivity contribution in [3.05, 3.63) is 53.6 Å². The number of amides is 3. The van der Waals surface area contributed by atoms with Crippen LogP contribution in [0, 0.1) is 17.8 Å². The summed E-state index contributed by atoms with van der Waals surface area (Å²) < 4.78 is 4.73. The number of aliphatic hydroxyl groups excluding tert-OH is 1. The summed E-state index contributed by atoms with van der Waals surface area (Å²) in [4.78, 5) is 43.6. The Bertz CT molecular complexity index is 1270. The number of aliphatic hydroxyl groups is 1. The maximum absolute atomic E-state index is 14.3. The first-order chi connectivity index (χ1) is 19.2. The second-order valence-corrected chi connectivity index (χ2v) is 13.2. The number of para-hydroxylation sites is 1. The average molecular weight is 586 g/mol. The molecule has 3 fully saturated rings. The molecule has 0 aliphatic carbocycles. The van der Waals surface area contributed by atoms with Crippen molar-refractivity contribution in [1.82, 2.24) is 4.90 Å². The van der Waals surface area contributed by atoms with Gasteiger partial charge >= 0.3 is 0 Å². The van der Waals surface area contributed by atoms with E-state index in [-0.39, 0.29) is 35.5 Å². The number of nitrogens with one attached hydrogen (secondary N) is 2. The van der Waals surface area contributed by atoms with E-state index in [1.54, 1.807) is 65.2 Å². The van der Waals surface area contributed by atoms with Crippen LogP contribution in [0.4, 0.5) is 11.4 Å². The number of halogens is 1. The molecule has 6 atom stereocenters. The summed E-state index contributed by atoms with van der Waals surface area (Å²) in [5.41, 5.74) is 1.09. The Balaban J connectivity index is 1.47. The van der Waals surface area contributed by atoms with Gasteiger partial charge in [0.05, 0.1) is 46.5 Å². The number of likely N-dealkylation sites (tertiary alicyclic amines) is 1. The minimum Gasteiger partial charge on any atom is -0.494 e. The van der Waals surface area contributed by atoms with E-state index in [1.807, 2.05) is 20.8 Å². The third-order valence-electron chi connectivity index (χ3n) is 8.20. The van der Waals surface area contributed by atoms with E-state index in [2.05, 4.69) is 10.6 Å². The third-order valence-corrected chi connectivity index (χ3v) is 10.5. The molecule has 2 bridgehead atoms. The Labute approximate surface area is 244 Å². The smallest absolute Gasteiger partial charge is 0.248 e. The highest BCUT2D eigenvalue weighted by Gasteiger charge is 2.74. The molecule has 3 heterocycles. The van der Waals surface area contributed by atoms with Crippen LogP contribution in [0.2, 0.25) is 5.02 Å². The van der Waals surface area contributed by atoms with E-state index in [1.165, 1.54) is 0 Å². The lowest BCUT2D eigenvalue weighted by Crippen LogP contribution is -2.55. The highest BCUT2D eigenvalue weighted by atomic mass is 35.5. The molecule has 214 valence electrons. The van der Waals surface area contributed by atoms with Crippen molar-refractivity contribution in [3.8, 4) is 5.75 Å². The highest BCUT2D eigenvalue weighted by molar-refractivity contribution is 8.02. The van der Waals surface area contributed by atoms with E-state index in [0.29, 0.717) is 41.6 Å². The molecule has 0 saturated carbocycles. The van der Waals surface area contributed by atoms with Crippen LogP contribution in [0.15, 0.2) is 48.5 Å². The van der Waals surface area contributed by atoms with Crippen molar-refractivity contribution < 1.29 is 24.2 Å². The standard InChI is InChI=1S/C30H36ClN3O5S/c1-4-39-20-11-9-18(10-12-20)32-27(36)24-23-13-14-30(40-23)25(24)29(38)34(19(16-35)15-17(2)3)26(30)28(37)33-22-8-6-5-7-21(22)31/h5-12,17,19,23-26,35H,4,13-16H2,1-3H3,(H,32,36)(H,33,37)/t19-,23+,24-,25+,26?,30?/m1/s1. The Kier molecular flexibility index (Phi) is 8.36. The topological polar surface area (TPSA) is 108 Å². The van der Waals surface area contributed by atoms with Gasteiger partial charge in [0.15, 0.2) is 0 Å². The van der Waals surface area contributed by atoms with Crippen LogP contribution in [0.25, 0.3) is 0 Å². The van der Waals surface area contributed by atoms with Gasteiger partial charge in [-0.3, -0.25) is 14.4 Å². The highest BCUT2D eigenvalue weighted by Crippen LogP contribution is 2.66. The predicted octanol–water partition coefficient (Wildman–Crippen LogP) is 4.81. The van der Waals surface area contributed by atoms with Crippen LogP contribution >= 0.6 is 23.4 Å². The Morgan fingerprint density at radius 1 is 1.15 bits per heavy atom. The van der Waals surface area contributed by atoms with Crippen LogP contribution in [0.1, 0.15) is 40.0 Å². The maximum Gasteiger partial charge on any atom is 0.248 e. The molecule has 3 amide bonds. The molecule has 1 spiro atoms. The molecule has 40 heavy (non-hydrogen) atoms. The lowest BCUT2D eigenvalue weighted by molar-refractivity contribution is -0.141. The largest absolute Gasteiger partial charge is 0.494 e. The van der Waals surface area contributed by atoms with Crippen molar-refractivity contribution in [2.24, 2.45) is 17.8 Å². The molecule has 2 aromatic carbocycles. The third kappa shape index (κ3) is 5.08. The van der Waals surface area contributed by atoms with Crippen LogP contribution in [0.3, 0.4) is 0 Å². The number of nitrogens with zero attached hydrogens (tertiary/aromatic N) is 1. The number of carbonyl (C=O) groups excluding carboxylic acids is 3. The number of hydrogen-bond donors (Lipinski definition) is 3. The predicted molar refractivity (Wildman–Crippen MR) is 158 cm³/mol. The molecule has 0 aromatic heterocycles. The molecule has 8 nitrogen and oxygen atoms in total. The molecule has 5 rings (SSSR count). The number of fused-ring (bicyclic) bond motifs is 1. The summed E-state index contributed by atoms with van der Waals surface area (Å²) in [6, 6.07) is 12.8. The van der Waals surface area contributed by atoms with E-state index in [9.17, 15) is 19.5 Å². The summed E-state index contributed by atoms with van der Waals surface area (Å²) in [6.07, 6.45) is 1.91. The monoisotopic (exact) mass is 585 g/mol. The average Bonchev–Trinajstić information content (AvgIpc) is 3.57. The molecule has 2 aromatic rings. The van der Waals surface area contributed by atoms with Gasteiger partial charge < -0.3 is 25.4 Å². The van der Waals surface area contributed by atoms with Gasteiger partial charge in [-0.25, -0.2) is 0 Å². The Morgan fingerprint density at radius 2 is 1.88 bits per heavy atom. The van der Waals surface area contributed by atoms with E-state index < -0.39 is 28.7 Å². The minimum atomic E-state index is -0.838. The van der Waals surface area contributed by atoms with E-state index in [0.717, 1.165) is 6.42 Å². The molecule has 0 radical (unpaired) electrons. The molecule has 2 unspecified atom stereocenters. The van der Waals surface area contributed by atoms with Gasteiger partial charge in [-0.05, 0) is 68.5 Å². The minimum absolute atomic E-state index is 0.0768. The number of carbonyl (C=O) groups is 3. The SMILES string of the molecule is CCOc1ccc(NC(=O)[C@@H]2[C@@H]3CCC4(S3)C(C(=O)Nc3ccccc3Cl)N([C@@H](CO)CC(C)C)C(=O)[C@H]24)cc1. The van der Waals surface area contributed by atoms with Gasteiger partial charge in [0, 0.05) is 10.9 Å². The summed E-state index contributed by atoms with van der Waals surface area (Å²) in [5, 5.41) is 16.7. The van der Waals surface area contributed by atoms with Gasteiger partial charge in [-0.1, -0.05) is 37.6 Å². The first-order valence-electron chi connectivity index (χ1n) is 13.9. The van der Waals surface area contributed by atoms with Gasteiger partial charge in [0.1, 0.15) is 11.8 Å². The zero-order chi connectivity index (χ0) is 28.6. The van der Waals surface area contributed by atoms with Crippen molar-refractivity contribution in [1.29, 1.82) is 0 Å². The second kappa shape index (κ2) is 11.6. The van der Waals surface area contributed by atoms with Crippen LogP contribution in [-0.2, 0) is 14.4 Å². The Hall–Kier alpha value is -2.75.